The summed E-state index contributed by atoms with van der Waals surface area (Å²) < 4.78 is 1.32. The van der Waals surface area contributed by atoms with Gasteiger partial charge in [-0.05, 0) is 18.9 Å². The van der Waals surface area contributed by atoms with Crippen molar-refractivity contribution in [1.29, 1.82) is 0 Å². The topological polar surface area (TPSA) is 88.6 Å². The molecule has 6 heteroatoms. The molecule has 1 fully saturated rings. The highest BCUT2D eigenvalue weighted by atomic mass is 16.3. The van der Waals surface area contributed by atoms with Crippen molar-refractivity contribution in [3.05, 3.63) is 28.7 Å². The molecule has 0 bridgehead atoms. The average Bonchev–Trinajstić information content (AvgIpc) is 2.93. The van der Waals surface area contributed by atoms with Crippen LogP contribution in [0.3, 0.4) is 0 Å². The summed E-state index contributed by atoms with van der Waals surface area (Å²) >= 11 is 0. The van der Waals surface area contributed by atoms with E-state index in [0.717, 1.165) is 25.7 Å². The van der Waals surface area contributed by atoms with E-state index in [0.29, 0.717) is 12.2 Å². The Kier molecular flexibility index (Phi) is 4.79. The van der Waals surface area contributed by atoms with E-state index in [4.69, 9.17) is 10.8 Å². The molecule has 1 aromatic heterocycles. The summed E-state index contributed by atoms with van der Waals surface area (Å²) in [7, 11) is 0. The lowest BCUT2D eigenvalue weighted by Gasteiger charge is -2.28. The molecule has 0 unspecified atom stereocenters. The lowest BCUT2D eigenvalue weighted by atomic mass is 10.2. The second-order valence-electron chi connectivity index (χ2n) is 5.18. The van der Waals surface area contributed by atoms with Gasteiger partial charge in [0.25, 0.3) is 5.56 Å². The van der Waals surface area contributed by atoms with Gasteiger partial charge in [-0.15, -0.1) is 0 Å². The molecule has 20 heavy (non-hydrogen) atoms. The van der Waals surface area contributed by atoms with E-state index in [9.17, 15) is 9.59 Å². The second kappa shape index (κ2) is 6.56. The van der Waals surface area contributed by atoms with Crippen molar-refractivity contribution in [2.45, 2.75) is 38.3 Å². The molecule has 1 aliphatic rings. The number of nitrogen functional groups attached to an aromatic ring is 1. The maximum atomic E-state index is 12.4. The van der Waals surface area contributed by atoms with Crippen LogP contribution in [0, 0.1) is 0 Å². The minimum absolute atomic E-state index is 0.0274. The number of hydrogen-bond acceptors (Lipinski definition) is 4. The molecular weight excluding hydrogens is 258 g/mol. The molecule has 1 heterocycles. The Balaban J connectivity index is 2.11. The summed E-state index contributed by atoms with van der Waals surface area (Å²) in [5, 5.41) is 9.13. The van der Waals surface area contributed by atoms with Crippen molar-refractivity contribution >= 4 is 11.6 Å². The number of aliphatic hydroxyl groups is 1. The normalized spacial score (nSPS) is 15.4. The number of carbonyl (C=O) groups excluding carboxylic acids is 1. The number of amides is 1. The van der Waals surface area contributed by atoms with Crippen molar-refractivity contribution in [1.82, 2.24) is 9.47 Å². The minimum atomic E-state index is -0.247. The van der Waals surface area contributed by atoms with Crippen LogP contribution in [0.1, 0.15) is 25.7 Å². The van der Waals surface area contributed by atoms with Crippen molar-refractivity contribution in [2.24, 2.45) is 0 Å². The first-order valence-electron chi connectivity index (χ1n) is 6.98. The van der Waals surface area contributed by atoms with E-state index < -0.39 is 0 Å². The summed E-state index contributed by atoms with van der Waals surface area (Å²) in [4.78, 5) is 25.8. The molecule has 0 spiro atoms. The third kappa shape index (κ3) is 3.39. The maximum absolute atomic E-state index is 12.4. The first kappa shape index (κ1) is 14.6. The lowest BCUT2D eigenvalue weighted by Crippen LogP contribution is -2.43. The zero-order chi connectivity index (χ0) is 14.5. The molecule has 0 aromatic carbocycles. The van der Waals surface area contributed by atoms with Crippen LogP contribution in [0.5, 0.6) is 0 Å². The van der Waals surface area contributed by atoms with Gasteiger partial charge in [0.1, 0.15) is 6.54 Å². The molecule has 0 atom stereocenters. The smallest absolute Gasteiger partial charge is 0.251 e. The number of anilines is 1. The fourth-order valence-corrected chi connectivity index (χ4v) is 2.74. The Morgan fingerprint density at radius 2 is 2.10 bits per heavy atom. The Morgan fingerprint density at radius 3 is 2.75 bits per heavy atom. The number of aliphatic hydroxyl groups excluding tert-OH is 1. The number of rotatable bonds is 5. The molecule has 3 N–H and O–H groups in total. The fourth-order valence-electron chi connectivity index (χ4n) is 2.74. The Labute approximate surface area is 117 Å². The van der Waals surface area contributed by atoms with Crippen molar-refractivity contribution in [2.75, 3.05) is 18.9 Å². The van der Waals surface area contributed by atoms with Crippen LogP contribution in [0.4, 0.5) is 5.69 Å². The summed E-state index contributed by atoms with van der Waals surface area (Å²) in [6, 6.07) is 3.06. The van der Waals surface area contributed by atoms with Gasteiger partial charge in [0, 0.05) is 30.5 Å². The first-order chi connectivity index (χ1) is 9.61. The third-order valence-electron chi connectivity index (χ3n) is 3.74. The maximum Gasteiger partial charge on any atom is 0.251 e. The highest BCUT2D eigenvalue weighted by Gasteiger charge is 2.26. The number of hydrogen-bond donors (Lipinski definition) is 2. The van der Waals surface area contributed by atoms with Crippen LogP contribution in [0.25, 0.3) is 0 Å². The molecule has 1 aliphatic carbocycles. The van der Waals surface area contributed by atoms with E-state index in [2.05, 4.69) is 0 Å². The van der Waals surface area contributed by atoms with Gasteiger partial charge < -0.3 is 20.3 Å². The van der Waals surface area contributed by atoms with Gasteiger partial charge in [0.05, 0.1) is 6.61 Å². The van der Waals surface area contributed by atoms with Crippen LogP contribution >= 0.6 is 0 Å². The lowest BCUT2D eigenvalue weighted by molar-refractivity contribution is -0.134. The summed E-state index contributed by atoms with van der Waals surface area (Å²) in [6.07, 6.45) is 5.64. The molecule has 1 saturated carbocycles. The van der Waals surface area contributed by atoms with Crippen LogP contribution in [0.2, 0.25) is 0 Å². The first-order valence-corrected chi connectivity index (χ1v) is 6.98. The van der Waals surface area contributed by atoms with Gasteiger partial charge in [-0.2, -0.15) is 0 Å². The van der Waals surface area contributed by atoms with Crippen LogP contribution in [-0.2, 0) is 11.3 Å². The second-order valence-corrected chi connectivity index (χ2v) is 5.18. The predicted octanol–water partition coefficient (Wildman–Crippen LogP) is 0.194. The largest absolute Gasteiger partial charge is 0.398 e. The van der Waals surface area contributed by atoms with Crippen molar-refractivity contribution in [3.8, 4) is 0 Å². The molecule has 110 valence electrons. The minimum Gasteiger partial charge on any atom is -0.398 e. The van der Waals surface area contributed by atoms with Gasteiger partial charge >= 0.3 is 0 Å². The monoisotopic (exact) mass is 279 g/mol. The Morgan fingerprint density at radius 1 is 1.40 bits per heavy atom. The standard InChI is InChI=1S/C14H21N3O3/c15-11-5-6-13(19)16(9-11)10-14(20)17(7-8-18)12-3-1-2-4-12/h5-6,9,12,18H,1-4,7-8,10,15H2. The van der Waals surface area contributed by atoms with E-state index >= 15 is 0 Å². The summed E-state index contributed by atoms with van der Waals surface area (Å²) in [6.45, 7) is 0.231. The van der Waals surface area contributed by atoms with E-state index in [1.54, 1.807) is 4.90 Å². The number of aromatic nitrogens is 1. The quantitative estimate of drug-likeness (QED) is 0.805. The molecular formula is C14H21N3O3. The van der Waals surface area contributed by atoms with Crippen molar-refractivity contribution in [3.63, 3.8) is 0 Å². The van der Waals surface area contributed by atoms with E-state index in [1.807, 2.05) is 0 Å². The summed E-state index contributed by atoms with van der Waals surface area (Å²) in [5.41, 5.74) is 5.84. The van der Waals surface area contributed by atoms with Gasteiger partial charge in [-0.3, -0.25) is 9.59 Å². The molecule has 6 nitrogen and oxygen atoms in total. The highest BCUT2D eigenvalue weighted by molar-refractivity contribution is 5.76. The van der Waals surface area contributed by atoms with Gasteiger partial charge in [0.15, 0.2) is 0 Å². The highest BCUT2D eigenvalue weighted by Crippen LogP contribution is 2.23. The van der Waals surface area contributed by atoms with E-state index in [1.165, 1.54) is 22.9 Å². The predicted molar refractivity (Wildman–Crippen MR) is 76.2 cm³/mol. The third-order valence-corrected chi connectivity index (χ3v) is 3.74. The van der Waals surface area contributed by atoms with Crippen LogP contribution in [0.15, 0.2) is 23.1 Å². The Bertz CT molecular complexity index is 521. The number of carbonyl (C=O) groups is 1. The summed E-state index contributed by atoms with van der Waals surface area (Å²) in [5.74, 6) is -0.140. The van der Waals surface area contributed by atoms with Crippen molar-refractivity contribution < 1.29 is 9.90 Å². The van der Waals surface area contributed by atoms with Crippen LogP contribution in [-0.4, -0.2) is 39.7 Å². The van der Waals surface area contributed by atoms with Gasteiger partial charge in [0.2, 0.25) is 5.91 Å². The number of pyridine rings is 1. The number of nitrogens with zero attached hydrogens (tertiary/aromatic N) is 2. The molecule has 0 saturated heterocycles. The van der Waals surface area contributed by atoms with E-state index in [-0.39, 0.29) is 30.7 Å². The zero-order valence-corrected chi connectivity index (χ0v) is 11.5. The SMILES string of the molecule is Nc1ccc(=O)n(CC(=O)N(CCO)C2CCCC2)c1. The van der Waals surface area contributed by atoms with Crippen LogP contribution < -0.4 is 11.3 Å². The fraction of sp³-hybridized carbons (Fsp3) is 0.571. The molecule has 1 aromatic rings. The average molecular weight is 279 g/mol. The molecule has 1 amide bonds. The van der Waals surface area contributed by atoms with Gasteiger partial charge in [-0.25, -0.2) is 0 Å². The molecule has 0 aliphatic heterocycles. The number of nitrogens with two attached hydrogens (primary N) is 1. The zero-order valence-electron chi connectivity index (χ0n) is 11.5. The van der Waals surface area contributed by atoms with Gasteiger partial charge in [-0.1, -0.05) is 12.8 Å². The molecule has 2 rings (SSSR count). The Hall–Kier alpha value is -1.82. The molecule has 0 radical (unpaired) electrons.